The van der Waals surface area contributed by atoms with Gasteiger partial charge in [-0.2, -0.15) is 10.4 Å². The summed E-state index contributed by atoms with van der Waals surface area (Å²) in [5, 5.41) is 15.9. The Bertz CT molecular complexity index is 525. The van der Waals surface area contributed by atoms with Gasteiger partial charge in [0, 0.05) is 25.1 Å². The van der Waals surface area contributed by atoms with E-state index in [0.29, 0.717) is 23.6 Å². The zero-order valence-electron chi connectivity index (χ0n) is 9.17. The molecule has 0 amide bonds. The SMILES string of the molecule is N#Cc1cnc(NCCn2cccn2)c(N)c1. The lowest BCUT2D eigenvalue weighted by Crippen LogP contribution is -2.12. The molecule has 86 valence electrons. The second-order valence-electron chi connectivity index (χ2n) is 3.47. The van der Waals surface area contributed by atoms with Crippen molar-refractivity contribution in [3.8, 4) is 6.07 Å². The molecule has 0 atom stereocenters. The van der Waals surface area contributed by atoms with E-state index in [1.54, 1.807) is 12.3 Å². The Balaban J connectivity index is 1.93. The molecule has 0 aromatic carbocycles. The molecule has 0 unspecified atom stereocenters. The summed E-state index contributed by atoms with van der Waals surface area (Å²) in [5.74, 6) is 0.594. The van der Waals surface area contributed by atoms with Crippen LogP contribution in [0.25, 0.3) is 0 Å². The lowest BCUT2D eigenvalue weighted by molar-refractivity contribution is 0.637. The van der Waals surface area contributed by atoms with E-state index in [-0.39, 0.29) is 0 Å². The van der Waals surface area contributed by atoms with E-state index >= 15 is 0 Å². The molecule has 0 aliphatic carbocycles. The first-order valence-corrected chi connectivity index (χ1v) is 5.16. The number of nitrogens with two attached hydrogens (primary N) is 1. The highest BCUT2D eigenvalue weighted by Crippen LogP contribution is 2.15. The maximum Gasteiger partial charge on any atom is 0.149 e. The molecule has 0 spiro atoms. The monoisotopic (exact) mass is 228 g/mol. The van der Waals surface area contributed by atoms with Crippen molar-refractivity contribution < 1.29 is 0 Å². The minimum absolute atomic E-state index is 0.458. The summed E-state index contributed by atoms with van der Waals surface area (Å²) in [4.78, 5) is 4.08. The second-order valence-corrected chi connectivity index (χ2v) is 3.47. The van der Waals surface area contributed by atoms with Gasteiger partial charge in [0.05, 0.1) is 17.8 Å². The van der Waals surface area contributed by atoms with E-state index in [1.165, 1.54) is 6.20 Å². The van der Waals surface area contributed by atoms with Gasteiger partial charge in [0.1, 0.15) is 11.9 Å². The zero-order valence-corrected chi connectivity index (χ0v) is 9.17. The van der Waals surface area contributed by atoms with Gasteiger partial charge in [-0.05, 0) is 12.1 Å². The molecule has 0 fully saturated rings. The van der Waals surface area contributed by atoms with Gasteiger partial charge in [0.25, 0.3) is 0 Å². The number of hydrogen-bond acceptors (Lipinski definition) is 5. The highest BCUT2D eigenvalue weighted by Gasteiger charge is 2.01. The zero-order chi connectivity index (χ0) is 12.1. The van der Waals surface area contributed by atoms with Gasteiger partial charge in [0.2, 0.25) is 0 Å². The van der Waals surface area contributed by atoms with Crippen LogP contribution < -0.4 is 11.1 Å². The van der Waals surface area contributed by atoms with Crippen LogP contribution in [-0.2, 0) is 6.54 Å². The second kappa shape index (κ2) is 4.99. The number of nitrogens with one attached hydrogen (secondary N) is 1. The first-order chi connectivity index (χ1) is 8.29. The van der Waals surface area contributed by atoms with E-state index in [4.69, 9.17) is 11.0 Å². The third-order valence-electron chi connectivity index (χ3n) is 2.24. The van der Waals surface area contributed by atoms with Crippen LogP contribution in [0.1, 0.15) is 5.56 Å². The average Bonchev–Trinajstić information content (AvgIpc) is 2.84. The lowest BCUT2D eigenvalue weighted by atomic mass is 10.3. The van der Waals surface area contributed by atoms with Crippen LogP contribution in [0, 0.1) is 11.3 Å². The van der Waals surface area contributed by atoms with Crippen LogP contribution in [0.2, 0.25) is 0 Å². The Morgan fingerprint density at radius 3 is 3.06 bits per heavy atom. The molecule has 0 bridgehead atoms. The van der Waals surface area contributed by atoms with Gasteiger partial charge in [0.15, 0.2) is 0 Å². The summed E-state index contributed by atoms with van der Waals surface area (Å²) in [7, 11) is 0. The van der Waals surface area contributed by atoms with E-state index in [1.807, 2.05) is 23.0 Å². The van der Waals surface area contributed by atoms with Crippen molar-refractivity contribution in [3.63, 3.8) is 0 Å². The summed E-state index contributed by atoms with van der Waals surface area (Å²) in [6.07, 6.45) is 5.11. The van der Waals surface area contributed by atoms with Crippen LogP contribution >= 0.6 is 0 Å². The molecular formula is C11H12N6. The molecule has 0 aliphatic heterocycles. The van der Waals surface area contributed by atoms with Crippen LogP contribution in [0.5, 0.6) is 0 Å². The smallest absolute Gasteiger partial charge is 0.149 e. The summed E-state index contributed by atoms with van der Waals surface area (Å²) in [6.45, 7) is 1.40. The van der Waals surface area contributed by atoms with Crippen LogP contribution in [0.4, 0.5) is 11.5 Å². The number of nitrogen functional groups attached to an aromatic ring is 1. The van der Waals surface area contributed by atoms with E-state index < -0.39 is 0 Å². The molecule has 6 heteroatoms. The highest BCUT2D eigenvalue weighted by atomic mass is 15.3. The van der Waals surface area contributed by atoms with Crippen molar-refractivity contribution in [2.45, 2.75) is 6.54 Å². The van der Waals surface area contributed by atoms with Crippen molar-refractivity contribution in [3.05, 3.63) is 36.3 Å². The molecule has 2 aromatic rings. The van der Waals surface area contributed by atoms with Crippen LogP contribution in [0.3, 0.4) is 0 Å². The van der Waals surface area contributed by atoms with E-state index in [9.17, 15) is 0 Å². The molecule has 6 nitrogen and oxygen atoms in total. The fourth-order valence-corrected chi connectivity index (χ4v) is 1.41. The standard InChI is InChI=1S/C11H12N6/c12-7-9-6-10(13)11(15-8-9)14-3-5-17-4-1-2-16-17/h1-2,4,6,8H,3,5,13H2,(H,14,15). The topological polar surface area (TPSA) is 92.5 Å². The molecule has 2 rings (SSSR count). The Morgan fingerprint density at radius 2 is 2.41 bits per heavy atom. The summed E-state index contributed by atoms with van der Waals surface area (Å²) >= 11 is 0. The van der Waals surface area contributed by atoms with Crippen molar-refractivity contribution in [2.75, 3.05) is 17.6 Å². The van der Waals surface area contributed by atoms with Crippen molar-refractivity contribution in [2.24, 2.45) is 0 Å². The first kappa shape index (κ1) is 11.0. The van der Waals surface area contributed by atoms with Crippen molar-refractivity contribution in [1.29, 1.82) is 5.26 Å². The maximum absolute atomic E-state index is 8.68. The Kier molecular flexibility index (Phi) is 3.21. The normalized spacial score (nSPS) is 9.82. The molecule has 2 heterocycles. The molecular weight excluding hydrogens is 216 g/mol. The lowest BCUT2D eigenvalue weighted by Gasteiger charge is -2.08. The summed E-state index contributed by atoms with van der Waals surface area (Å²) in [6, 6.07) is 5.46. The number of hydrogen-bond donors (Lipinski definition) is 2. The van der Waals surface area contributed by atoms with Crippen molar-refractivity contribution in [1.82, 2.24) is 14.8 Å². The van der Waals surface area contributed by atoms with E-state index in [2.05, 4.69) is 15.4 Å². The van der Waals surface area contributed by atoms with Gasteiger partial charge in [-0.3, -0.25) is 4.68 Å². The van der Waals surface area contributed by atoms with E-state index in [0.717, 1.165) is 6.54 Å². The number of aromatic nitrogens is 3. The summed E-state index contributed by atoms with van der Waals surface area (Å²) < 4.78 is 1.81. The third-order valence-corrected chi connectivity index (χ3v) is 2.24. The fraction of sp³-hybridized carbons (Fsp3) is 0.182. The predicted molar refractivity (Wildman–Crippen MR) is 64.1 cm³/mol. The van der Waals surface area contributed by atoms with Gasteiger partial charge in [-0.15, -0.1) is 0 Å². The number of pyridine rings is 1. The molecule has 17 heavy (non-hydrogen) atoms. The number of anilines is 2. The number of nitrogens with zero attached hydrogens (tertiary/aromatic N) is 4. The molecule has 0 radical (unpaired) electrons. The largest absolute Gasteiger partial charge is 0.396 e. The Morgan fingerprint density at radius 1 is 1.53 bits per heavy atom. The minimum Gasteiger partial charge on any atom is -0.396 e. The Hall–Kier alpha value is -2.55. The summed E-state index contributed by atoms with van der Waals surface area (Å²) in [5.41, 5.74) is 6.69. The minimum atomic E-state index is 0.458. The van der Waals surface area contributed by atoms with Crippen LogP contribution in [0.15, 0.2) is 30.7 Å². The molecule has 2 aromatic heterocycles. The highest BCUT2D eigenvalue weighted by molar-refractivity contribution is 5.62. The van der Waals surface area contributed by atoms with Gasteiger partial charge in [-0.1, -0.05) is 0 Å². The quantitative estimate of drug-likeness (QED) is 0.809. The van der Waals surface area contributed by atoms with Gasteiger partial charge >= 0.3 is 0 Å². The fourth-order valence-electron chi connectivity index (χ4n) is 1.41. The van der Waals surface area contributed by atoms with Crippen LogP contribution in [-0.4, -0.2) is 21.3 Å². The molecule has 3 N–H and O–H groups in total. The molecule has 0 saturated carbocycles. The Labute approximate surface area is 98.7 Å². The van der Waals surface area contributed by atoms with Gasteiger partial charge in [-0.25, -0.2) is 4.98 Å². The number of rotatable bonds is 4. The van der Waals surface area contributed by atoms with Gasteiger partial charge < -0.3 is 11.1 Å². The third kappa shape index (κ3) is 2.72. The molecule has 0 aliphatic rings. The number of nitriles is 1. The first-order valence-electron chi connectivity index (χ1n) is 5.16. The van der Waals surface area contributed by atoms with Crippen molar-refractivity contribution >= 4 is 11.5 Å². The maximum atomic E-state index is 8.68. The molecule has 0 saturated heterocycles. The predicted octanol–water partition coefficient (Wildman–Crippen LogP) is 0.844. The average molecular weight is 228 g/mol.